The zero-order chi connectivity index (χ0) is 13.1. The summed E-state index contributed by atoms with van der Waals surface area (Å²) >= 11 is 4.80. The van der Waals surface area contributed by atoms with Gasteiger partial charge in [0, 0.05) is 7.05 Å². The highest BCUT2D eigenvalue weighted by Gasteiger charge is 2.32. The van der Waals surface area contributed by atoms with Gasteiger partial charge in [-0.05, 0) is 30.9 Å². The summed E-state index contributed by atoms with van der Waals surface area (Å²) in [6.07, 6.45) is 0. The van der Waals surface area contributed by atoms with Crippen molar-refractivity contribution in [2.75, 3.05) is 13.7 Å². The highest BCUT2D eigenvalue weighted by atomic mass is 32.5. The van der Waals surface area contributed by atoms with Gasteiger partial charge in [0.1, 0.15) is 0 Å². The smallest absolute Gasteiger partial charge is 0.274 e. The van der Waals surface area contributed by atoms with Crippen LogP contribution >= 0.6 is 6.64 Å². The van der Waals surface area contributed by atoms with Crippen LogP contribution in [0.3, 0.4) is 0 Å². The van der Waals surface area contributed by atoms with Crippen molar-refractivity contribution in [2.24, 2.45) is 0 Å². The van der Waals surface area contributed by atoms with Crippen molar-refractivity contribution in [3.05, 3.63) is 30.3 Å². The molecule has 0 amide bonds. The van der Waals surface area contributed by atoms with Crippen molar-refractivity contribution in [3.8, 4) is 0 Å². The van der Waals surface area contributed by atoms with E-state index in [1.165, 1.54) is 19.2 Å². The molecule has 1 atom stereocenters. The van der Waals surface area contributed by atoms with Crippen LogP contribution in [0.2, 0.25) is 0 Å². The number of hydrogen-bond acceptors (Lipinski definition) is 4. The van der Waals surface area contributed by atoms with Crippen LogP contribution in [-0.4, -0.2) is 31.0 Å². The summed E-state index contributed by atoms with van der Waals surface area (Å²) in [5.41, 5.74) is 0. The third kappa shape index (κ3) is 3.34. The van der Waals surface area contributed by atoms with E-state index in [0.29, 0.717) is 0 Å². The molecule has 8 heteroatoms. The Morgan fingerprint density at radius 2 is 1.94 bits per heavy atom. The van der Waals surface area contributed by atoms with E-state index in [9.17, 15) is 13.3 Å². The largest absolute Gasteiger partial charge is 0.333 e. The number of rotatable bonds is 5. The molecule has 0 aromatic heterocycles. The molecule has 0 aliphatic heterocycles. The molecule has 1 N–H and O–H groups in total. The summed E-state index contributed by atoms with van der Waals surface area (Å²) in [7, 11) is -2.59. The van der Waals surface area contributed by atoms with Gasteiger partial charge in [0.15, 0.2) is 0 Å². The lowest BCUT2D eigenvalue weighted by molar-refractivity contribution is 0.302. The summed E-state index contributed by atoms with van der Waals surface area (Å²) in [5.74, 6) is 0. The summed E-state index contributed by atoms with van der Waals surface area (Å²) in [4.78, 5) is 9.90. The fraction of sp³-hybridized carbons (Fsp3) is 0.333. The Kier molecular flexibility index (Phi) is 4.83. The maximum Gasteiger partial charge on any atom is 0.274 e. The standard InChI is InChI=1S/C9H14NO4PS2/c1-3-14-15(11,16)10(2)17(12,13)9-7-5-4-6-8-9/h4-8H,3H2,1-2H3,(H,11,16). The molecular formula is C9H14NO4PS2. The van der Waals surface area contributed by atoms with Gasteiger partial charge in [0.25, 0.3) is 6.64 Å². The fourth-order valence-electron chi connectivity index (χ4n) is 1.13. The Labute approximate surface area is 106 Å². The van der Waals surface area contributed by atoms with Crippen molar-refractivity contribution in [2.45, 2.75) is 11.8 Å². The van der Waals surface area contributed by atoms with Crippen molar-refractivity contribution in [3.63, 3.8) is 0 Å². The molecule has 1 rings (SSSR count). The summed E-state index contributed by atoms with van der Waals surface area (Å²) in [6, 6.07) is 7.78. The van der Waals surface area contributed by atoms with Crippen molar-refractivity contribution >= 4 is 28.5 Å². The fourth-order valence-corrected chi connectivity index (χ4v) is 5.05. The Morgan fingerprint density at radius 3 is 2.41 bits per heavy atom. The second kappa shape index (κ2) is 5.56. The molecule has 0 aliphatic rings. The predicted octanol–water partition coefficient (Wildman–Crippen LogP) is 1.56. The molecule has 0 aliphatic carbocycles. The topological polar surface area (TPSA) is 66.8 Å². The Morgan fingerprint density at radius 1 is 1.41 bits per heavy atom. The van der Waals surface area contributed by atoms with Crippen LogP contribution in [-0.2, 0) is 26.4 Å². The first-order valence-corrected chi connectivity index (χ1v) is 8.90. The SMILES string of the molecule is CCOP(O)(=S)N(C)S(=O)(=O)c1ccccc1. The molecule has 1 aromatic rings. The normalized spacial score (nSPS) is 15.8. The Balaban J connectivity index is 3.12. The van der Waals surface area contributed by atoms with Gasteiger partial charge in [-0.1, -0.05) is 18.2 Å². The van der Waals surface area contributed by atoms with Gasteiger partial charge in [-0.15, -0.1) is 4.08 Å². The summed E-state index contributed by atoms with van der Waals surface area (Å²) in [5, 5.41) is 0. The van der Waals surface area contributed by atoms with Crippen molar-refractivity contribution in [1.29, 1.82) is 0 Å². The minimum atomic E-state index is -3.82. The lowest BCUT2D eigenvalue weighted by Gasteiger charge is -2.25. The van der Waals surface area contributed by atoms with Crippen molar-refractivity contribution in [1.82, 2.24) is 4.08 Å². The van der Waals surface area contributed by atoms with Gasteiger partial charge >= 0.3 is 0 Å². The van der Waals surface area contributed by atoms with Gasteiger partial charge in [0.05, 0.1) is 11.5 Å². The third-order valence-electron chi connectivity index (χ3n) is 2.04. The number of hydrogen-bond donors (Lipinski definition) is 1. The van der Waals surface area contributed by atoms with E-state index in [1.54, 1.807) is 25.1 Å². The van der Waals surface area contributed by atoms with Crippen molar-refractivity contribution < 1.29 is 17.8 Å². The molecule has 0 radical (unpaired) electrons. The molecule has 1 unspecified atom stereocenters. The van der Waals surface area contributed by atoms with E-state index < -0.39 is 16.7 Å². The lowest BCUT2D eigenvalue weighted by atomic mass is 10.4. The third-order valence-corrected chi connectivity index (χ3v) is 7.58. The summed E-state index contributed by atoms with van der Waals surface area (Å²) in [6.45, 7) is -1.70. The van der Waals surface area contributed by atoms with E-state index in [1.807, 2.05) is 0 Å². The first-order valence-electron chi connectivity index (χ1n) is 4.84. The number of nitrogens with zero attached hydrogens (tertiary/aromatic N) is 1. The second-order valence-corrected chi connectivity index (χ2v) is 8.67. The molecular weight excluding hydrogens is 281 g/mol. The van der Waals surface area contributed by atoms with Crippen LogP contribution in [0.15, 0.2) is 35.2 Å². The molecule has 0 spiro atoms. The minimum Gasteiger partial charge on any atom is -0.333 e. The molecule has 0 bridgehead atoms. The predicted molar refractivity (Wildman–Crippen MR) is 69.5 cm³/mol. The average molecular weight is 295 g/mol. The Hall–Kier alpha value is -0.300. The van der Waals surface area contributed by atoms with Gasteiger partial charge in [-0.2, -0.15) is 0 Å². The quantitative estimate of drug-likeness (QED) is 0.835. The zero-order valence-corrected chi connectivity index (χ0v) is 12.0. The number of sulfonamides is 1. The number of benzene rings is 1. The van der Waals surface area contributed by atoms with Gasteiger partial charge in [0.2, 0.25) is 10.0 Å². The molecule has 1 aromatic carbocycles. The maximum absolute atomic E-state index is 12.1. The maximum atomic E-state index is 12.1. The molecule has 5 nitrogen and oxygen atoms in total. The van der Waals surface area contributed by atoms with E-state index in [2.05, 4.69) is 0 Å². The van der Waals surface area contributed by atoms with E-state index >= 15 is 0 Å². The molecule has 17 heavy (non-hydrogen) atoms. The monoisotopic (exact) mass is 295 g/mol. The summed E-state index contributed by atoms with van der Waals surface area (Å²) < 4.78 is 29.9. The zero-order valence-electron chi connectivity index (χ0n) is 9.48. The highest BCUT2D eigenvalue weighted by molar-refractivity contribution is 8.13. The second-order valence-electron chi connectivity index (χ2n) is 3.16. The molecule has 0 saturated heterocycles. The van der Waals surface area contributed by atoms with Crippen LogP contribution in [0.4, 0.5) is 0 Å². The Bertz CT molecular complexity index is 517. The van der Waals surface area contributed by atoms with Gasteiger partial charge in [-0.25, -0.2) is 8.42 Å². The molecule has 0 saturated carbocycles. The minimum absolute atomic E-state index is 0.0745. The highest BCUT2D eigenvalue weighted by Crippen LogP contribution is 2.48. The van der Waals surface area contributed by atoms with Crippen LogP contribution < -0.4 is 0 Å². The molecule has 96 valence electrons. The van der Waals surface area contributed by atoms with E-state index in [4.69, 9.17) is 16.3 Å². The van der Waals surface area contributed by atoms with E-state index in [0.717, 1.165) is 4.08 Å². The molecule has 0 fully saturated rings. The first kappa shape index (κ1) is 14.8. The molecule has 0 heterocycles. The van der Waals surface area contributed by atoms with Gasteiger partial charge < -0.3 is 9.42 Å². The van der Waals surface area contributed by atoms with Crippen LogP contribution in [0.5, 0.6) is 0 Å². The van der Waals surface area contributed by atoms with Crippen LogP contribution in [0.25, 0.3) is 0 Å². The average Bonchev–Trinajstić information content (AvgIpc) is 2.29. The van der Waals surface area contributed by atoms with E-state index in [-0.39, 0.29) is 11.5 Å². The first-order chi connectivity index (χ1) is 7.82. The van der Waals surface area contributed by atoms with Crippen LogP contribution in [0, 0.1) is 0 Å². The van der Waals surface area contributed by atoms with Gasteiger partial charge in [-0.3, -0.25) is 0 Å². The lowest BCUT2D eigenvalue weighted by Crippen LogP contribution is -2.25. The van der Waals surface area contributed by atoms with Crippen LogP contribution in [0.1, 0.15) is 6.92 Å².